The fourth-order valence-corrected chi connectivity index (χ4v) is 1.92. The van der Waals surface area contributed by atoms with Crippen LogP contribution in [-0.2, 0) is 4.74 Å². The first-order valence-corrected chi connectivity index (χ1v) is 5.83. The maximum Gasteiger partial charge on any atom is 0.355 e. The molecule has 0 unspecified atom stereocenters. The molecule has 1 aromatic carbocycles. The number of hydrogen-bond donors (Lipinski definition) is 0. The van der Waals surface area contributed by atoms with Gasteiger partial charge in [-0.2, -0.15) is 0 Å². The van der Waals surface area contributed by atoms with Crippen molar-refractivity contribution in [1.29, 1.82) is 0 Å². The molecule has 0 spiro atoms. The summed E-state index contributed by atoms with van der Waals surface area (Å²) in [4.78, 5) is 23.6. The summed E-state index contributed by atoms with van der Waals surface area (Å²) in [5.41, 5.74) is 0.998. The van der Waals surface area contributed by atoms with Gasteiger partial charge in [0, 0.05) is 12.3 Å². The second-order valence-electron chi connectivity index (χ2n) is 4.40. The van der Waals surface area contributed by atoms with Crippen LogP contribution in [-0.4, -0.2) is 22.5 Å². The third-order valence-electron chi connectivity index (χ3n) is 2.58. The SMILES string of the molecule is CC(=O)n1c(C(=O)OC(C)C)cc2ccccc21. The zero-order valence-corrected chi connectivity index (χ0v) is 10.6. The second kappa shape index (κ2) is 4.64. The molecule has 0 fully saturated rings. The number of rotatable bonds is 2. The van der Waals surface area contributed by atoms with Gasteiger partial charge in [-0.05, 0) is 26.0 Å². The topological polar surface area (TPSA) is 48.3 Å². The molecule has 94 valence electrons. The number of fused-ring (bicyclic) bond motifs is 1. The van der Waals surface area contributed by atoms with E-state index in [1.54, 1.807) is 19.9 Å². The van der Waals surface area contributed by atoms with Crippen molar-refractivity contribution in [3.8, 4) is 0 Å². The summed E-state index contributed by atoms with van der Waals surface area (Å²) >= 11 is 0. The first-order chi connectivity index (χ1) is 8.50. The average molecular weight is 245 g/mol. The van der Waals surface area contributed by atoms with Crippen molar-refractivity contribution >= 4 is 22.8 Å². The number of para-hydroxylation sites is 1. The maximum atomic E-state index is 12.0. The van der Waals surface area contributed by atoms with Gasteiger partial charge in [0.25, 0.3) is 0 Å². The number of esters is 1. The van der Waals surface area contributed by atoms with Gasteiger partial charge in [0.1, 0.15) is 5.69 Å². The highest BCUT2D eigenvalue weighted by Crippen LogP contribution is 2.20. The number of carbonyl (C=O) groups excluding carboxylic acids is 2. The van der Waals surface area contributed by atoms with E-state index >= 15 is 0 Å². The van der Waals surface area contributed by atoms with Gasteiger partial charge in [0.15, 0.2) is 0 Å². The quantitative estimate of drug-likeness (QED) is 0.764. The Morgan fingerprint density at radius 2 is 1.89 bits per heavy atom. The Hall–Kier alpha value is -2.10. The highest BCUT2D eigenvalue weighted by Gasteiger charge is 2.19. The first-order valence-electron chi connectivity index (χ1n) is 5.83. The lowest BCUT2D eigenvalue weighted by Gasteiger charge is -2.09. The average Bonchev–Trinajstić information content (AvgIpc) is 2.67. The minimum absolute atomic E-state index is 0.202. The molecule has 18 heavy (non-hydrogen) atoms. The van der Waals surface area contributed by atoms with Gasteiger partial charge in [-0.3, -0.25) is 9.36 Å². The fraction of sp³-hybridized carbons (Fsp3) is 0.286. The third-order valence-corrected chi connectivity index (χ3v) is 2.58. The molecule has 0 aliphatic rings. The zero-order valence-electron chi connectivity index (χ0n) is 10.6. The van der Waals surface area contributed by atoms with Gasteiger partial charge in [-0.15, -0.1) is 0 Å². The van der Waals surface area contributed by atoms with Gasteiger partial charge in [0.05, 0.1) is 11.6 Å². The van der Waals surface area contributed by atoms with E-state index in [-0.39, 0.29) is 17.7 Å². The molecule has 0 bridgehead atoms. The molecule has 2 rings (SSSR count). The number of hydrogen-bond acceptors (Lipinski definition) is 3. The van der Waals surface area contributed by atoms with Crippen LogP contribution in [0, 0.1) is 0 Å². The number of carbonyl (C=O) groups is 2. The van der Waals surface area contributed by atoms with E-state index in [1.165, 1.54) is 11.5 Å². The van der Waals surface area contributed by atoms with E-state index in [0.29, 0.717) is 0 Å². The monoisotopic (exact) mass is 245 g/mol. The number of nitrogens with zero attached hydrogens (tertiary/aromatic N) is 1. The van der Waals surface area contributed by atoms with Crippen molar-refractivity contribution in [3.05, 3.63) is 36.0 Å². The van der Waals surface area contributed by atoms with Crippen LogP contribution in [0.4, 0.5) is 0 Å². The smallest absolute Gasteiger partial charge is 0.355 e. The Bertz CT molecular complexity index is 611. The summed E-state index contributed by atoms with van der Waals surface area (Å²) < 4.78 is 6.53. The van der Waals surface area contributed by atoms with Crippen LogP contribution < -0.4 is 0 Å². The van der Waals surface area contributed by atoms with Gasteiger partial charge in [-0.1, -0.05) is 18.2 Å². The highest BCUT2D eigenvalue weighted by molar-refractivity contribution is 6.02. The van der Waals surface area contributed by atoms with Crippen molar-refractivity contribution < 1.29 is 14.3 Å². The third kappa shape index (κ3) is 2.14. The van der Waals surface area contributed by atoms with Gasteiger partial charge < -0.3 is 4.74 Å². The molecule has 0 N–H and O–H groups in total. The minimum atomic E-state index is -0.476. The van der Waals surface area contributed by atoms with Crippen LogP contribution >= 0.6 is 0 Å². The molecule has 2 aromatic rings. The minimum Gasteiger partial charge on any atom is -0.458 e. The predicted octanol–water partition coefficient (Wildman–Crippen LogP) is 2.87. The largest absolute Gasteiger partial charge is 0.458 e. The molecule has 1 aromatic heterocycles. The van der Waals surface area contributed by atoms with Gasteiger partial charge in [0.2, 0.25) is 5.91 Å². The lowest BCUT2D eigenvalue weighted by atomic mass is 10.2. The summed E-state index contributed by atoms with van der Waals surface area (Å²) in [7, 11) is 0. The summed E-state index contributed by atoms with van der Waals surface area (Å²) in [6, 6.07) is 9.05. The van der Waals surface area contributed by atoms with Crippen molar-refractivity contribution in [2.75, 3.05) is 0 Å². The van der Waals surface area contributed by atoms with E-state index in [1.807, 2.05) is 24.3 Å². The molecule has 4 nitrogen and oxygen atoms in total. The Morgan fingerprint density at radius 1 is 1.22 bits per heavy atom. The molecule has 0 aliphatic heterocycles. The number of benzene rings is 1. The predicted molar refractivity (Wildman–Crippen MR) is 68.8 cm³/mol. The van der Waals surface area contributed by atoms with E-state index < -0.39 is 5.97 Å². The molecule has 0 atom stereocenters. The van der Waals surface area contributed by atoms with Gasteiger partial charge >= 0.3 is 5.97 Å². The molecule has 0 saturated carbocycles. The summed E-state index contributed by atoms with van der Waals surface area (Å²) in [5.74, 6) is -0.677. The molecule has 0 amide bonds. The van der Waals surface area contributed by atoms with Crippen molar-refractivity contribution in [2.24, 2.45) is 0 Å². The van der Waals surface area contributed by atoms with Crippen molar-refractivity contribution in [1.82, 2.24) is 4.57 Å². The lowest BCUT2D eigenvalue weighted by molar-refractivity contribution is 0.0363. The molecule has 0 saturated heterocycles. The van der Waals surface area contributed by atoms with Crippen LogP contribution in [0.3, 0.4) is 0 Å². The number of aromatic nitrogens is 1. The lowest BCUT2D eigenvalue weighted by Crippen LogP contribution is -2.18. The van der Waals surface area contributed by atoms with E-state index in [0.717, 1.165) is 10.9 Å². The van der Waals surface area contributed by atoms with Crippen molar-refractivity contribution in [3.63, 3.8) is 0 Å². The maximum absolute atomic E-state index is 12.0. The van der Waals surface area contributed by atoms with E-state index in [9.17, 15) is 9.59 Å². The van der Waals surface area contributed by atoms with Crippen LogP contribution in [0.25, 0.3) is 10.9 Å². The zero-order chi connectivity index (χ0) is 13.3. The Balaban J connectivity index is 2.59. The van der Waals surface area contributed by atoms with Crippen LogP contribution in [0.2, 0.25) is 0 Å². The van der Waals surface area contributed by atoms with Crippen molar-refractivity contribution in [2.45, 2.75) is 26.9 Å². The summed E-state index contributed by atoms with van der Waals surface area (Å²) in [6.07, 6.45) is -0.212. The molecular weight excluding hydrogens is 230 g/mol. The van der Waals surface area contributed by atoms with Crippen LogP contribution in [0.15, 0.2) is 30.3 Å². The Morgan fingerprint density at radius 3 is 2.50 bits per heavy atom. The summed E-state index contributed by atoms with van der Waals surface area (Å²) in [5, 5.41) is 0.850. The molecule has 0 radical (unpaired) electrons. The second-order valence-corrected chi connectivity index (χ2v) is 4.40. The van der Waals surface area contributed by atoms with E-state index in [4.69, 9.17) is 4.74 Å². The molecular formula is C14H15NO3. The highest BCUT2D eigenvalue weighted by atomic mass is 16.5. The molecule has 0 aliphatic carbocycles. The van der Waals surface area contributed by atoms with E-state index in [2.05, 4.69) is 0 Å². The standard InChI is InChI=1S/C14H15NO3/c1-9(2)18-14(17)13-8-11-6-4-5-7-12(11)15(13)10(3)16/h4-9H,1-3H3. The summed E-state index contributed by atoms with van der Waals surface area (Å²) in [6.45, 7) is 4.98. The normalized spacial score (nSPS) is 10.9. The van der Waals surface area contributed by atoms with Crippen LogP contribution in [0.5, 0.6) is 0 Å². The molecule has 4 heteroatoms. The Kier molecular flexibility index (Phi) is 3.19. The molecule has 1 heterocycles. The number of ether oxygens (including phenoxy) is 1. The Labute approximate surface area is 105 Å². The first kappa shape index (κ1) is 12.4. The van der Waals surface area contributed by atoms with Crippen LogP contribution in [0.1, 0.15) is 36.1 Å². The van der Waals surface area contributed by atoms with Gasteiger partial charge in [-0.25, -0.2) is 4.79 Å². The fourth-order valence-electron chi connectivity index (χ4n) is 1.92.